The molecule has 24 heavy (non-hydrogen) atoms. The zero-order valence-electron chi connectivity index (χ0n) is 14.8. The number of rotatable bonds is 6. The minimum atomic E-state index is 0.0203. The third-order valence-electron chi connectivity index (χ3n) is 6.42. The number of carbonyl (C=O) groups is 1. The Morgan fingerprint density at radius 2 is 1.71 bits per heavy atom. The van der Waals surface area contributed by atoms with Gasteiger partial charge < -0.3 is 0 Å². The lowest BCUT2D eigenvalue weighted by atomic mass is 9.50. The number of anilines is 1. The molecule has 132 valence electrons. The van der Waals surface area contributed by atoms with E-state index in [0.717, 1.165) is 30.8 Å². The van der Waals surface area contributed by atoms with Crippen LogP contribution in [0.15, 0.2) is 0 Å². The first kappa shape index (κ1) is 16.5. The molecule has 4 bridgehead atoms. The summed E-state index contributed by atoms with van der Waals surface area (Å²) in [4.78, 5) is 14.3. The summed E-state index contributed by atoms with van der Waals surface area (Å²) in [6.45, 7) is 6.36. The SMILES string of the molecule is CCN(CC)CC(=O)Nc1nnc(C23CC4CC(CC(C4)C2)C3)s1. The lowest BCUT2D eigenvalue weighted by molar-refractivity contribution is -0.117. The molecule has 4 aliphatic rings. The second-order valence-electron chi connectivity index (χ2n) is 8.12. The summed E-state index contributed by atoms with van der Waals surface area (Å²) < 4.78 is 0. The standard InChI is InChI=1S/C18H28N4OS/c1-3-22(4-2)11-15(23)19-17-21-20-16(24-17)18-8-12-5-13(9-18)7-14(6-12)10-18/h12-14H,3-11H2,1-2H3,(H,19,21,23). The first-order chi connectivity index (χ1) is 11.6. The van der Waals surface area contributed by atoms with Crippen LogP contribution < -0.4 is 5.32 Å². The maximum Gasteiger partial charge on any atom is 0.240 e. The Balaban J connectivity index is 1.44. The molecule has 0 aliphatic heterocycles. The summed E-state index contributed by atoms with van der Waals surface area (Å²) in [5, 5.41) is 13.6. The Kier molecular flexibility index (Phi) is 4.37. The third-order valence-corrected chi connectivity index (χ3v) is 7.51. The minimum Gasteiger partial charge on any atom is -0.299 e. The van der Waals surface area contributed by atoms with E-state index in [1.165, 1.54) is 43.5 Å². The van der Waals surface area contributed by atoms with E-state index in [1.807, 2.05) is 0 Å². The first-order valence-corrected chi connectivity index (χ1v) is 10.3. The summed E-state index contributed by atoms with van der Waals surface area (Å²) in [5.41, 5.74) is 0.272. The molecule has 0 spiro atoms. The van der Waals surface area contributed by atoms with Crippen molar-refractivity contribution in [3.8, 4) is 0 Å². The van der Waals surface area contributed by atoms with Crippen LogP contribution in [0.2, 0.25) is 0 Å². The van der Waals surface area contributed by atoms with Crippen molar-refractivity contribution in [1.82, 2.24) is 15.1 Å². The van der Waals surface area contributed by atoms with Crippen molar-refractivity contribution in [2.45, 2.75) is 57.8 Å². The summed E-state index contributed by atoms with van der Waals surface area (Å²) in [6, 6.07) is 0. The highest BCUT2D eigenvalue weighted by atomic mass is 32.1. The number of nitrogens with one attached hydrogen (secondary N) is 1. The molecule has 0 radical (unpaired) electrons. The predicted octanol–water partition coefficient (Wildman–Crippen LogP) is 3.29. The molecule has 0 atom stereocenters. The summed E-state index contributed by atoms with van der Waals surface area (Å²) >= 11 is 1.62. The van der Waals surface area contributed by atoms with Crippen molar-refractivity contribution < 1.29 is 4.79 Å². The number of amides is 1. The second-order valence-corrected chi connectivity index (χ2v) is 9.10. The van der Waals surface area contributed by atoms with E-state index in [4.69, 9.17) is 0 Å². The molecule has 4 saturated carbocycles. The van der Waals surface area contributed by atoms with Gasteiger partial charge in [-0.15, -0.1) is 10.2 Å². The highest BCUT2D eigenvalue weighted by Crippen LogP contribution is 2.61. The quantitative estimate of drug-likeness (QED) is 0.857. The number of carbonyl (C=O) groups excluding carboxylic acids is 1. The van der Waals surface area contributed by atoms with Gasteiger partial charge in [-0.3, -0.25) is 15.0 Å². The molecule has 1 N–H and O–H groups in total. The Morgan fingerprint density at radius 1 is 1.12 bits per heavy atom. The van der Waals surface area contributed by atoms with Gasteiger partial charge in [-0.2, -0.15) is 0 Å². The molecular formula is C18H28N4OS. The highest BCUT2D eigenvalue weighted by Gasteiger charge is 2.53. The number of likely N-dealkylation sites (N-methyl/N-ethyl adjacent to an activating group) is 1. The first-order valence-electron chi connectivity index (χ1n) is 9.46. The van der Waals surface area contributed by atoms with Crippen molar-refractivity contribution in [2.75, 3.05) is 25.0 Å². The average molecular weight is 349 g/mol. The fraction of sp³-hybridized carbons (Fsp3) is 0.833. The molecule has 4 fully saturated rings. The van der Waals surface area contributed by atoms with Crippen molar-refractivity contribution in [3.05, 3.63) is 5.01 Å². The van der Waals surface area contributed by atoms with E-state index < -0.39 is 0 Å². The minimum absolute atomic E-state index is 0.0203. The number of hydrogen-bond donors (Lipinski definition) is 1. The third kappa shape index (κ3) is 2.99. The van der Waals surface area contributed by atoms with Gasteiger partial charge in [-0.1, -0.05) is 25.2 Å². The van der Waals surface area contributed by atoms with Gasteiger partial charge in [0.15, 0.2) is 0 Å². The van der Waals surface area contributed by atoms with Crippen molar-refractivity contribution in [3.63, 3.8) is 0 Å². The van der Waals surface area contributed by atoms with Gasteiger partial charge >= 0.3 is 0 Å². The molecule has 1 aromatic heterocycles. The average Bonchev–Trinajstić information content (AvgIpc) is 3.00. The Bertz CT molecular complexity index is 575. The Labute approximate surface area is 148 Å². The summed E-state index contributed by atoms with van der Waals surface area (Å²) in [7, 11) is 0. The zero-order valence-corrected chi connectivity index (χ0v) is 15.6. The number of nitrogens with zero attached hydrogens (tertiary/aromatic N) is 3. The molecule has 6 heteroatoms. The molecule has 5 rings (SSSR count). The molecule has 4 aliphatic carbocycles. The molecule has 1 aromatic rings. The smallest absolute Gasteiger partial charge is 0.240 e. The van der Waals surface area contributed by atoms with Gasteiger partial charge in [0, 0.05) is 5.41 Å². The van der Waals surface area contributed by atoms with Crippen LogP contribution in [0.5, 0.6) is 0 Å². The van der Waals surface area contributed by atoms with E-state index in [-0.39, 0.29) is 11.3 Å². The van der Waals surface area contributed by atoms with Crippen LogP contribution in [0, 0.1) is 17.8 Å². The van der Waals surface area contributed by atoms with Crippen molar-refractivity contribution in [2.24, 2.45) is 17.8 Å². The van der Waals surface area contributed by atoms with Crippen LogP contribution in [0.4, 0.5) is 5.13 Å². The van der Waals surface area contributed by atoms with E-state index in [1.54, 1.807) is 11.3 Å². The van der Waals surface area contributed by atoms with E-state index >= 15 is 0 Å². The van der Waals surface area contributed by atoms with Crippen LogP contribution in [-0.2, 0) is 10.2 Å². The van der Waals surface area contributed by atoms with Gasteiger partial charge in [0.25, 0.3) is 0 Å². The largest absolute Gasteiger partial charge is 0.299 e. The van der Waals surface area contributed by atoms with E-state index in [2.05, 4.69) is 34.3 Å². The lowest BCUT2D eigenvalue weighted by Gasteiger charge is -2.55. The molecule has 1 heterocycles. The van der Waals surface area contributed by atoms with E-state index in [9.17, 15) is 4.79 Å². The van der Waals surface area contributed by atoms with Crippen molar-refractivity contribution in [1.29, 1.82) is 0 Å². The highest BCUT2D eigenvalue weighted by molar-refractivity contribution is 7.15. The molecule has 0 unspecified atom stereocenters. The predicted molar refractivity (Wildman–Crippen MR) is 96.2 cm³/mol. The number of aromatic nitrogens is 2. The normalized spacial score (nSPS) is 34.0. The molecular weight excluding hydrogens is 320 g/mol. The molecule has 5 nitrogen and oxygen atoms in total. The van der Waals surface area contributed by atoms with Crippen LogP contribution in [0.3, 0.4) is 0 Å². The van der Waals surface area contributed by atoms with Crippen LogP contribution in [0.25, 0.3) is 0 Å². The Morgan fingerprint density at radius 3 is 2.25 bits per heavy atom. The molecule has 0 saturated heterocycles. The summed E-state index contributed by atoms with van der Waals surface area (Å²) in [6.07, 6.45) is 8.19. The van der Waals surface area contributed by atoms with Gasteiger partial charge in [0.05, 0.1) is 6.54 Å². The fourth-order valence-electron chi connectivity index (χ4n) is 5.67. The summed E-state index contributed by atoms with van der Waals surface area (Å²) in [5.74, 6) is 2.73. The fourth-order valence-corrected chi connectivity index (χ4v) is 6.65. The van der Waals surface area contributed by atoms with Gasteiger partial charge in [0.2, 0.25) is 11.0 Å². The van der Waals surface area contributed by atoms with Crippen LogP contribution >= 0.6 is 11.3 Å². The van der Waals surface area contributed by atoms with Crippen LogP contribution in [-0.4, -0.2) is 40.6 Å². The second kappa shape index (κ2) is 6.37. The van der Waals surface area contributed by atoms with Crippen LogP contribution in [0.1, 0.15) is 57.4 Å². The topological polar surface area (TPSA) is 58.1 Å². The van der Waals surface area contributed by atoms with Gasteiger partial charge in [0.1, 0.15) is 5.01 Å². The van der Waals surface area contributed by atoms with Gasteiger partial charge in [-0.25, -0.2) is 0 Å². The van der Waals surface area contributed by atoms with E-state index in [0.29, 0.717) is 11.7 Å². The molecule has 0 aromatic carbocycles. The van der Waals surface area contributed by atoms with Gasteiger partial charge in [-0.05, 0) is 69.4 Å². The Hall–Kier alpha value is -1.01. The molecule has 1 amide bonds. The lowest BCUT2D eigenvalue weighted by Crippen LogP contribution is -2.48. The van der Waals surface area contributed by atoms with Crippen molar-refractivity contribution >= 4 is 22.4 Å². The maximum atomic E-state index is 12.2. The maximum absolute atomic E-state index is 12.2. The monoisotopic (exact) mass is 348 g/mol. The number of hydrogen-bond acceptors (Lipinski definition) is 5. The zero-order chi connectivity index (χ0) is 16.7.